The molecule has 0 spiro atoms. The number of carbonyl (C=O) groups excluding carboxylic acids is 2. The lowest BCUT2D eigenvalue weighted by molar-refractivity contribution is -0.140. The Morgan fingerprint density at radius 2 is 1.46 bits per heavy atom. The molecule has 3 aromatic carbocycles. The minimum Gasteiger partial charge on any atom is -0.350 e. The van der Waals surface area contributed by atoms with Crippen molar-refractivity contribution >= 4 is 59.4 Å². The normalized spacial score (nSPS) is 12.5. The molecule has 39 heavy (non-hydrogen) atoms. The summed E-state index contributed by atoms with van der Waals surface area (Å²) in [6, 6.07) is 22.8. The number of hydrogen-bond donors (Lipinski definition) is 1. The molecule has 1 atom stereocenters. The molecule has 0 saturated heterocycles. The Kier molecular flexibility index (Phi) is 10.4. The molecule has 0 heterocycles. The highest BCUT2D eigenvalue weighted by Gasteiger charge is 2.34. The summed E-state index contributed by atoms with van der Waals surface area (Å²) in [6.07, 6.45) is 1.33. The summed E-state index contributed by atoms with van der Waals surface area (Å²) in [5.74, 6) is -0.812. The number of hydrogen-bond acceptors (Lipinski definition) is 4. The van der Waals surface area contributed by atoms with Crippen LogP contribution in [0.5, 0.6) is 0 Å². The van der Waals surface area contributed by atoms with Crippen molar-refractivity contribution < 1.29 is 18.0 Å². The molecular formula is C29H33Br2N3O4S. The summed E-state index contributed by atoms with van der Waals surface area (Å²) in [6.45, 7) is 5.29. The van der Waals surface area contributed by atoms with Crippen LogP contribution in [-0.2, 0) is 32.6 Å². The number of anilines is 1. The summed E-state index contributed by atoms with van der Waals surface area (Å²) in [4.78, 5) is 29.3. The van der Waals surface area contributed by atoms with E-state index in [-0.39, 0.29) is 18.9 Å². The van der Waals surface area contributed by atoms with Crippen LogP contribution in [0.3, 0.4) is 0 Å². The van der Waals surface area contributed by atoms with E-state index in [1.165, 1.54) is 4.90 Å². The molecule has 0 aliphatic rings. The molecular weight excluding hydrogens is 646 g/mol. The average molecular weight is 679 g/mol. The fourth-order valence-electron chi connectivity index (χ4n) is 4.08. The Balaban J connectivity index is 2.08. The number of sulfonamides is 1. The molecule has 1 N–H and O–H groups in total. The van der Waals surface area contributed by atoms with Crippen molar-refractivity contribution in [2.45, 2.75) is 45.3 Å². The third-order valence-electron chi connectivity index (χ3n) is 5.79. The third-order valence-corrected chi connectivity index (χ3v) is 7.91. The highest BCUT2D eigenvalue weighted by atomic mass is 79.9. The maximum atomic E-state index is 14.1. The number of nitrogens with zero attached hydrogens (tertiary/aromatic N) is 2. The van der Waals surface area contributed by atoms with Gasteiger partial charge >= 0.3 is 0 Å². The number of halogens is 2. The second-order valence-electron chi connectivity index (χ2n) is 10.3. The molecule has 3 rings (SSSR count). The van der Waals surface area contributed by atoms with Crippen molar-refractivity contribution in [3.8, 4) is 0 Å². The van der Waals surface area contributed by atoms with E-state index in [9.17, 15) is 18.0 Å². The molecule has 0 radical (unpaired) electrons. The van der Waals surface area contributed by atoms with Gasteiger partial charge in [0, 0.05) is 27.4 Å². The van der Waals surface area contributed by atoms with Crippen LogP contribution in [0.1, 0.15) is 31.9 Å². The van der Waals surface area contributed by atoms with Crippen LogP contribution in [-0.4, -0.2) is 49.5 Å². The highest BCUT2D eigenvalue weighted by molar-refractivity contribution is 9.10. The lowest BCUT2D eigenvalue weighted by atomic mass is 10.0. The van der Waals surface area contributed by atoms with Crippen LogP contribution >= 0.6 is 31.9 Å². The number of carbonyl (C=O) groups is 2. The van der Waals surface area contributed by atoms with Gasteiger partial charge in [-0.25, -0.2) is 8.42 Å². The van der Waals surface area contributed by atoms with E-state index >= 15 is 0 Å². The van der Waals surface area contributed by atoms with Crippen LogP contribution in [0.4, 0.5) is 5.69 Å². The second kappa shape index (κ2) is 13.1. The van der Waals surface area contributed by atoms with Crippen molar-refractivity contribution in [1.82, 2.24) is 10.2 Å². The number of rotatable bonds is 10. The molecule has 0 aromatic heterocycles. The predicted octanol–water partition coefficient (Wildman–Crippen LogP) is 5.53. The molecule has 2 amide bonds. The van der Waals surface area contributed by atoms with E-state index in [4.69, 9.17) is 0 Å². The topological polar surface area (TPSA) is 86.8 Å². The Bertz CT molecular complexity index is 1410. The van der Waals surface area contributed by atoms with Gasteiger partial charge in [0.1, 0.15) is 12.6 Å². The van der Waals surface area contributed by atoms with Crippen LogP contribution in [0.2, 0.25) is 0 Å². The Morgan fingerprint density at radius 3 is 2.03 bits per heavy atom. The molecule has 208 valence electrons. The summed E-state index contributed by atoms with van der Waals surface area (Å²) >= 11 is 6.85. The van der Waals surface area contributed by atoms with Crippen LogP contribution < -0.4 is 9.62 Å². The first-order valence-corrected chi connectivity index (χ1v) is 15.8. The van der Waals surface area contributed by atoms with Crippen molar-refractivity contribution in [2.24, 2.45) is 0 Å². The third kappa shape index (κ3) is 9.47. The molecule has 10 heteroatoms. The van der Waals surface area contributed by atoms with Crippen molar-refractivity contribution in [1.29, 1.82) is 0 Å². The van der Waals surface area contributed by atoms with Crippen molar-refractivity contribution in [2.75, 3.05) is 17.1 Å². The fourth-order valence-corrected chi connectivity index (χ4v) is 5.76. The summed E-state index contributed by atoms with van der Waals surface area (Å²) in [5, 5.41) is 3.01. The zero-order chi connectivity index (χ0) is 28.8. The minimum absolute atomic E-state index is 0.115. The van der Waals surface area contributed by atoms with Crippen LogP contribution in [0.15, 0.2) is 87.8 Å². The summed E-state index contributed by atoms with van der Waals surface area (Å²) < 4.78 is 28.3. The van der Waals surface area contributed by atoms with Crippen LogP contribution in [0.25, 0.3) is 0 Å². The molecule has 0 unspecified atom stereocenters. The largest absolute Gasteiger partial charge is 0.350 e. The van der Waals surface area contributed by atoms with E-state index in [1.54, 1.807) is 24.3 Å². The van der Waals surface area contributed by atoms with E-state index < -0.39 is 34.1 Å². The quantitative estimate of drug-likeness (QED) is 0.306. The number of nitrogens with one attached hydrogen (secondary N) is 1. The lowest BCUT2D eigenvalue weighted by Crippen LogP contribution is -2.56. The standard InChI is InChI=1S/C29H33Br2N3O4S/c1-29(2,3)32-28(36)26(17-21-10-6-5-7-11-21)33(19-22-12-8-13-23(30)16-22)27(35)20-34(39(4,37)38)25-15-9-14-24(31)18-25/h5-16,18,26H,17,19-20H2,1-4H3,(H,32,36)/t26-/m0/s1. The number of benzene rings is 3. The number of amides is 2. The van der Waals surface area contributed by atoms with Gasteiger partial charge in [-0.3, -0.25) is 13.9 Å². The summed E-state index contributed by atoms with van der Waals surface area (Å²) in [7, 11) is -3.82. The SMILES string of the molecule is CC(C)(C)NC(=O)[C@H](Cc1ccccc1)N(Cc1cccc(Br)c1)C(=O)CN(c1cccc(Br)c1)S(C)(=O)=O. The van der Waals surface area contributed by atoms with E-state index in [0.29, 0.717) is 10.2 Å². The molecule has 0 fully saturated rings. The van der Waals surface area contributed by atoms with Gasteiger partial charge in [-0.1, -0.05) is 80.4 Å². The van der Waals surface area contributed by atoms with Crippen LogP contribution in [0, 0.1) is 0 Å². The Morgan fingerprint density at radius 1 is 0.872 bits per heavy atom. The van der Waals surface area contributed by atoms with E-state index in [1.807, 2.05) is 75.4 Å². The first-order chi connectivity index (χ1) is 18.2. The molecule has 0 saturated carbocycles. The van der Waals surface area contributed by atoms with E-state index in [2.05, 4.69) is 37.2 Å². The summed E-state index contributed by atoms with van der Waals surface area (Å²) in [5.41, 5.74) is 1.49. The molecule has 7 nitrogen and oxygen atoms in total. The Hall–Kier alpha value is -2.69. The van der Waals surface area contributed by atoms with Crippen molar-refractivity contribution in [3.63, 3.8) is 0 Å². The van der Waals surface area contributed by atoms with Gasteiger partial charge in [-0.2, -0.15) is 0 Å². The van der Waals surface area contributed by atoms with Gasteiger partial charge in [-0.15, -0.1) is 0 Å². The zero-order valence-corrected chi connectivity index (χ0v) is 26.4. The smallest absolute Gasteiger partial charge is 0.244 e. The highest BCUT2D eigenvalue weighted by Crippen LogP contribution is 2.24. The van der Waals surface area contributed by atoms with Crippen molar-refractivity contribution in [3.05, 3.63) is 98.9 Å². The second-order valence-corrected chi connectivity index (χ2v) is 14.1. The van der Waals surface area contributed by atoms with Gasteiger partial charge < -0.3 is 10.2 Å². The maximum absolute atomic E-state index is 14.1. The first-order valence-electron chi connectivity index (χ1n) is 12.4. The van der Waals surface area contributed by atoms with Gasteiger partial charge in [0.15, 0.2) is 0 Å². The predicted molar refractivity (Wildman–Crippen MR) is 163 cm³/mol. The van der Waals surface area contributed by atoms with Gasteiger partial charge in [0.05, 0.1) is 11.9 Å². The van der Waals surface area contributed by atoms with E-state index in [0.717, 1.165) is 26.2 Å². The maximum Gasteiger partial charge on any atom is 0.244 e. The monoisotopic (exact) mass is 677 g/mol. The zero-order valence-electron chi connectivity index (χ0n) is 22.4. The lowest BCUT2D eigenvalue weighted by Gasteiger charge is -2.35. The Labute approximate surface area is 247 Å². The fraction of sp³-hybridized carbons (Fsp3) is 0.310. The molecule has 0 aliphatic carbocycles. The minimum atomic E-state index is -3.82. The average Bonchev–Trinajstić information content (AvgIpc) is 2.83. The first kappa shape index (κ1) is 30.8. The molecule has 0 aliphatic heterocycles. The molecule has 0 bridgehead atoms. The van der Waals surface area contributed by atoms with Gasteiger partial charge in [0.2, 0.25) is 21.8 Å². The van der Waals surface area contributed by atoms with Gasteiger partial charge in [-0.05, 0) is 62.2 Å². The van der Waals surface area contributed by atoms with Gasteiger partial charge in [0.25, 0.3) is 0 Å². The molecule has 3 aromatic rings.